The number of fused-ring (bicyclic) bond motifs is 1. The molecule has 1 unspecified atom stereocenters. The van der Waals surface area contributed by atoms with Gasteiger partial charge in [-0.1, -0.05) is 72.0 Å². The highest BCUT2D eigenvalue weighted by Gasteiger charge is 2.32. The van der Waals surface area contributed by atoms with Crippen LogP contribution < -0.4 is 24.9 Å². The number of thiazole rings is 1. The van der Waals surface area contributed by atoms with Crippen LogP contribution in [0, 0.1) is 6.92 Å². The maximum Gasteiger partial charge on any atom is 0.271 e. The fraction of sp³-hybridized carbons (Fsp3) is 0.138. The van der Waals surface area contributed by atoms with Gasteiger partial charge in [-0.3, -0.25) is 14.2 Å². The van der Waals surface area contributed by atoms with Gasteiger partial charge in [-0.15, -0.1) is 0 Å². The Kier molecular flexibility index (Phi) is 6.40. The standard InChI is InChI=1S/C29H25N3O3S/c1-18-9-7-8-12-23(18)31-27(33)25-19(2)30-29-32(26(25)21-10-5-4-6-11-21)28(34)24(36-29)17-20-13-15-22(35-3)16-14-20/h4-17,26H,1-3H3,(H,31,33)/b24-17+. The lowest BCUT2D eigenvalue weighted by Gasteiger charge is -2.25. The largest absolute Gasteiger partial charge is 0.497 e. The summed E-state index contributed by atoms with van der Waals surface area (Å²) in [7, 11) is 1.62. The minimum atomic E-state index is -0.593. The predicted octanol–water partition coefficient (Wildman–Crippen LogP) is 4.19. The second kappa shape index (κ2) is 9.79. The molecule has 0 bridgehead atoms. The normalized spacial score (nSPS) is 15.3. The van der Waals surface area contributed by atoms with Gasteiger partial charge in [0, 0.05) is 5.69 Å². The second-order valence-electron chi connectivity index (χ2n) is 8.53. The molecule has 4 aromatic rings. The number of nitrogens with one attached hydrogen (secondary N) is 1. The molecule has 5 rings (SSSR count). The first-order valence-corrected chi connectivity index (χ1v) is 12.4. The molecular weight excluding hydrogens is 470 g/mol. The van der Waals surface area contributed by atoms with Crippen molar-refractivity contribution in [3.8, 4) is 5.75 Å². The fourth-order valence-electron chi connectivity index (χ4n) is 4.32. The minimum Gasteiger partial charge on any atom is -0.497 e. The maximum absolute atomic E-state index is 13.7. The molecule has 0 saturated carbocycles. The van der Waals surface area contributed by atoms with Gasteiger partial charge < -0.3 is 10.1 Å². The number of carbonyl (C=O) groups is 1. The van der Waals surface area contributed by atoms with E-state index in [4.69, 9.17) is 9.73 Å². The number of amides is 1. The summed E-state index contributed by atoms with van der Waals surface area (Å²) in [5.74, 6) is 0.474. The molecular formula is C29H25N3O3S. The van der Waals surface area contributed by atoms with Crippen LogP contribution in [0.15, 0.2) is 99.9 Å². The fourth-order valence-corrected chi connectivity index (χ4v) is 5.36. The molecule has 36 heavy (non-hydrogen) atoms. The summed E-state index contributed by atoms with van der Waals surface area (Å²) < 4.78 is 7.42. The van der Waals surface area contributed by atoms with E-state index in [1.165, 1.54) is 11.3 Å². The SMILES string of the molecule is COc1ccc(/C=c2/sc3n(c2=O)C(c2ccccc2)C(C(=O)Nc2ccccc2C)=C(C)N=3)cc1. The summed E-state index contributed by atoms with van der Waals surface area (Å²) in [6, 6.07) is 24.1. The van der Waals surface area contributed by atoms with E-state index in [9.17, 15) is 9.59 Å². The Balaban J connectivity index is 1.64. The topological polar surface area (TPSA) is 72.7 Å². The lowest BCUT2D eigenvalue weighted by Crippen LogP contribution is -2.40. The number of ether oxygens (including phenoxy) is 1. The van der Waals surface area contributed by atoms with Gasteiger partial charge in [0.2, 0.25) is 0 Å². The molecule has 1 N–H and O–H groups in total. The van der Waals surface area contributed by atoms with Gasteiger partial charge in [0.25, 0.3) is 11.5 Å². The summed E-state index contributed by atoms with van der Waals surface area (Å²) >= 11 is 1.32. The highest BCUT2D eigenvalue weighted by molar-refractivity contribution is 7.07. The monoisotopic (exact) mass is 495 g/mol. The lowest BCUT2D eigenvalue weighted by molar-refractivity contribution is -0.113. The lowest BCUT2D eigenvalue weighted by atomic mass is 9.95. The highest BCUT2D eigenvalue weighted by atomic mass is 32.1. The van der Waals surface area contributed by atoms with E-state index in [2.05, 4.69) is 5.32 Å². The quantitative estimate of drug-likeness (QED) is 0.451. The van der Waals surface area contributed by atoms with Gasteiger partial charge in [0.05, 0.1) is 29.0 Å². The first-order valence-electron chi connectivity index (χ1n) is 11.5. The number of rotatable bonds is 5. The van der Waals surface area contributed by atoms with Crippen LogP contribution in [0.4, 0.5) is 5.69 Å². The smallest absolute Gasteiger partial charge is 0.271 e. The third-order valence-electron chi connectivity index (χ3n) is 6.19. The summed E-state index contributed by atoms with van der Waals surface area (Å²) in [5.41, 5.74) is 4.27. The number of benzene rings is 3. The van der Waals surface area contributed by atoms with Crippen LogP contribution in [0.5, 0.6) is 5.75 Å². The van der Waals surface area contributed by atoms with Crippen LogP contribution in [-0.2, 0) is 4.79 Å². The highest BCUT2D eigenvalue weighted by Crippen LogP contribution is 2.31. The number of hydrogen-bond acceptors (Lipinski definition) is 5. The number of methoxy groups -OCH3 is 1. The molecule has 180 valence electrons. The number of carbonyl (C=O) groups excluding carboxylic acids is 1. The van der Waals surface area contributed by atoms with Gasteiger partial charge in [-0.2, -0.15) is 0 Å². The number of hydrogen-bond donors (Lipinski definition) is 1. The molecule has 3 aromatic carbocycles. The van der Waals surface area contributed by atoms with E-state index >= 15 is 0 Å². The molecule has 1 atom stereocenters. The van der Waals surface area contributed by atoms with Gasteiger partial charge in [0.1, 0.15) is 5.75 Å². The Labute approximate surface area is 212 Å². The summed E-state index contributed by atoms with van der Waals surface area (Å²) in [4.78, 5) is 32.6. The molecule has 1 aromatic heterocycles. The first-order chi connectivity index (χ1) is 17.5. The van der Waals surface area contributed by atoms with Crippen molar-refractivity contribution in [1.82, 2.24) is 4.57 Å². The van der Waals surface area contributed by atoms with Gasteiger partial charge >= 0.3 is 0 Å². The second-order valence-corrected chi connectivity index (χ2v) is 9.54. The zero-order valence-electron chi connectivity index (χ0n) is 20.2. The molecule has 0 radical (unpaired) electrons. The maximum atomic E-state index is 13.7. The zero-order chi connectivity index (χ0) is 25.2. The van der Waals surface area contributed by atoms with Crippen LogP contribution in [-0.4, -0.2) is 17.6 Å². The summed E-state index contributed by atoms with van der Waals surface area (Å²) in [6.45, 7) is 3.77. The van der Waals surface area contributed by atoms with Crippen LogP contribution in [0.1, 0.15) is 29.7 Å². The number of nitrogens with zero attached hydrogens (tertiary/aromatic N) is 2. The van der Waals surface area contributed by atoms with Crippen molar-refractivity contribution < 1.29 is 9.53 Å². The molecule has 0 aliphatic carbocycles. The van der Waals surface area contributed by atoms with Gasteiger partial charge in [-0.05, 0) is 54.8 Å². The Morgan fingerprint density at radius 2 is 1.69 bits per heavy atom. The van der Waals surface area contributed by atoms with E-state index in [-0.39, 0.29) is 11.5 Å². The average molecular weight is 496 g/mol. The summed E-state index contributed by atoms with van der Waals surface area (Å²) in [5, 5.41) is 3.03. The van der Waals surface area contributed by atoms with E-state index in [0.717, 1.165) is 28.1 Å². The van der Waals surface area contributed by atoms with Crippen LogP contribution in [0.2, 0.25) is 0 Å². The third kappa shape index (κ3) is 4.41. The van der Waals surface area contributed by atoms with Crippen molar-refractivity contribution in [2.24, 2.45) is 4.99 Å². The third-order valence-corrected chi connectivity index (χ3v) is 7.17. The molecule has 6 nitrogen and oxygen atoms in total. The van der Waals surface area contributed by atoms with Crippen LogP contribution in [0.25, 0.3) is 6.08 Å². The molecule has 0 saturated heterocycles. The van der Waals surface area contributed by atoms with Crippen LogP contribution in [0.3, 0.4) is 0 Å². The average Bonchev–Trinajstić information content (AvgIpc) is 3.19. The van der Waals surface area contributed by atoms with Crippen molar-refractivity contribution in [3.63, 3.8) is 0 Å². The Bertz CT molecular complexity index is 1650. The van der Waals surface area contributed by atoms with E-state index in [1.54, 1.807) is 11.7 Å². The number of anilines is 1. The predicted molar refractivity (Wildman–Crippen MR) is 143 cm³/mol. The molecule has 0 spiro atoms. The Morgan fingerprint density at radius 3 is 2.39 bits per heavy atom. The number of aromatic nitrogens is 1. The van der Waals surface area contributed by atoms with Crippen molar-refractivity contribution in [2.45, 2.75) is 19.9 Å². The Hall–Kier alpha value is -4.23. The molecule has 7 heteroatoms. The molecule has 2 heterocycles. The number of allylic oxidation sites excluding steroid dienone is 1. The van der Waals surface area contributed by atoms with Crippen molar-refractivity contribution >= 4 is 29.0 Å². The van der Waals surface area contributed by atoms with Gasteiger partial charge in [0.15, 0.2) is 4.80 Å². The molecule has 1 aliphatic heterocycles. The molecule has 1 amide bonds. The number of para-hydroxylation sites is 1. The number of aryl methyl sites for hydroxylation is 1. The Morgan fingerprint density at radius 1 is 1.00 bits per heavy atom. The first kappa shape index (κ1) is 23.5. The van der Waals surface area contributed by atoms with Crippen molar-refractivity contribution in [2.75, 3.05) is 12.4 Å². The molecule has 1 aliphatic rings. The molecule has 0 fully saturated rings. The summed E-state index contributed by atoms with van der Waals surface area (Å²) in [6.07, 6.45) is 1.84. The van der Waals surface area contributed by atoms with Crippen molar-refractivity contribution in [3.05, 3.63) is 127 Å². The van der Waals surface area contributed by atoms with E-state index in [0.29, 0.717) is 20.6 Å². The van der Waals surface area contributed by atoms with Gasteiger partial charge in [-0.25, -0.2) is 4.99 Å². The van der Waals surface area contributed by atoms with Crippen LogP contribution >= 0.6 is 11.3 Å². The van der Waals surface area contributed by atoms with E-state index < -0.39 is 6.04 Å². The zero-order valence-corrected chi connectivity index (χ0v) is 21.0. The minimum absolute atomic E-state index is 0.183. The van der Waals surface area contributed by atoms with Crippen molar-refractivity contribution in [1.29, 1.82) is 0 Å². The van der Waals surface area contributed by atoms with E-state index in [1.807, 2.05) is 98.8 Å².